The van der Waals surface area contributed by atoms with Crippen molar-refractivity contribution in [2.75, 3.05) is 6.61 Å². The summed E-state index contributed by atoms with van der Waals surface area (Å²) in [5.74, 6) is 0. The normalized spacial score (nSPS) is 13.3. The van der Waals surface area contributed by atoms with Crippen molar-refractivity contribution in [3.8, 4) is 0 Å². The second kappa shape index (κ2) is 3.69. The van der Waals surface area contributed by atoms with Crippen molar-refractivity contribution in [1.82, 2.24) is 9.78 Å². The van der Waals surface area contributed by atoms with Crippen molar-refractivity contribution in [1.29, 1.82) is 0 Å². The van der Waals surface area contributed by atoms with Gasteiger partial charge in [-0.25, -0.2) is 0 Å². The molecule has 0 aromatic carbocycles. The Bertz CT molecular complexity index is 258. The lowest BCUT2D eigenvalue weighted by Gasteiger charge is -2.07. The van der Waals surface area contributed by atoms with Crippen molar-refractivity contribution in [3.05, 3.63) is 17.5 Å². The van der Waals surface area contributed by atoms with E-state index in [1.165, 1.54) is 0 Å². The molecule has 0 saturated heterocycles. The largest absolute Gasteiger partial charge is 0.396 e. The monoisotopic (exact) mass is 170 g/mol. The topological polar surface area (TPSA) is 58.3 Å². The average molecular weight is 170 g/mol. The Morgan fingerprint density at radius 2 is 2.33 bits per heavy atom. The van der Waals surface area contributed by atoms with Gasteiger partial charge in [-0.05, 0) is 13.0 Å². The SMILES string of the molecule is Cc1cc([C@@H](O)CCO)n(C)n1. The molecule has 68 valence electrons. The first-order valence-corrected chi connectivity index (χ1v) is 3.94. The van der Waals surface area contributed by atoms with Crippen LogP contribution >= 0.6 is 0 Å². The molecule has 0 unspecified atom stereocenters. The first-order chi connectivity index (χ1) is 5.65. The highest BCUT2D eigenvalue weighted by Crippen LogP contribution is 2.15. The number of aromatic nitrogens is 2. The van der Waals surface area contributed by atoms with Crippen molar-refractivity contribution < 1.29 is 10.2 Å². The van der Waals surface area contributed by atoms with Crippen molar-refractivity contribution in [2.24, 2.45) is 7.05 Å². The first-order valence-electron chi connectivity index (χ1n) is 3.94. The van der Waals surface area contributed by atoms with Crippen LogP contribution in [0.15, 0.2) is 6.07 Å². The summed E-state index contributed by atoms with van der Waals surface area (Å²) in [6, 6.07) is 1.82. The number of aliphatic hydroxyl groups excluding tert-OH is 2. The molecule has 1 aromatic rings. The third-order valence-corrected chi connectivity index (χ3v) is 1.78. The molecule has 0 aliphatic carbocycles. The fraction of sp³-hybridized carbons (Fsp3) is 0.625. The van der Waals surface area contributed by atoms with Crippen LogP contribution in [0.4, 0.5) is 0 Å². The van der Waals surface area contributed by atoms with E-state index in [1.54, 1.807) is 11.7 Å². The zero-order valence-corrected chi connectivity index (χ0v) is 7.36. The maximum Gasteiger partial charge on any atom is 0.0978 e. The molecule has 1 rings (SSSR count). The molecule has 0 bridgehead atoms. The van der Waals surface area contributed by atoms with E-state index >= 15 is 0 Å². The molecule has 1 atom stereocenters. The molecular formula is C8H14N2O2. The van der Waals surface area contributed by atoms with Gasteiger partial charge >= 0.3 is 0 Å². The second-order valence-electron chi connectivity index (χ2n) is 2.86. The zero-order chi connectivity index (χ0) is 9.14. The molecule has 0 saturated carbocycles. The summed E-state index contributed by atoms with van der Waals surface area (Å²) in [6.07, 6.45) is -0.250. The fourth-order valence-electron chi connectivity index (χ4n) is 1.21. The molecule has 0 spiro atoms. The first kappa shape index (κ1) is 9.22. The number of hydrogen-bond donors (Lipinski definition) is 2. The molecule has 0 fully saturated rings. The summed E-state index contributed by atoms with van der Waals surface area (Å²) in [5, 5.41) is 22.2. The number of hydrogen-bond acceptors (Lipinski definition) is 3. The van der Waals surface area contributed by atoms with E-state index in [2.05, 4.69) is 5.10 Å². The van der Waals surface area contributed by atoms with Gasteiger partial charge in [0.25, 0.3) is 0 Å². The maximum atomic E-state index is 9.49. The van der Waals surface area contributed by atoms with Gasteiger partial charge in [-0.15, -0.1) is 0 Å². The van der Waals surface area contributed by atoms with Crippen molar-refractivity contribution in [3.63, 3.8) is 0 Å². The number of rotatable bonds is 3. The van der Waals surface area contributed by atoms with E-state index in [0.717, 1.165) is 11.4 Å². The van der Waals surface area contributed by atoms with E-state index in [9.17, 15) is 5.11 Å². The third kappa shape index (κ3) is 1.84. The average Bonchev–Trinajstić information content (AvgIpc) is 2.30. The summed E-state index contributed by atoms with van der Waals surface area (Å²) in [4.78, 5) is 0. The van der Waals surface area contributed by atoms with Crippen LogP contribution in [0.3, 0.4) is 0 Å². The van der Waals surface area contributed by atoms with Crippen LogP contribution in [-0.2, 0) is 7.05 Å². The van der Waals surface area contributed by atoms with E-state index in [4.69, 9.17) is 5.11 Å². The van der Waals surface area contributed by atoms with Gasteiger partial charge in [0.15, 0.2) is 0 Å². The maximum absolute atomic E-state index is 9.49. The molecule has 0 aliphatic heterocycles. The number of nitrogens with zero attached hydrogens (tertiary/aromatic N) is 2. The summed E-state index contributed by atoms with van der Waals surface area (Å²) < 4.78 is 1.63. The van der Waals surface area contributed by atoms with E-state index in [-0.39, 0.29) is 6.61 Å². The van der Waals surface area contributed by atoms with Crippen LogP contribution in [0.1, 0.15) is 23.9 Å². The highest BCUT2D eigenvalue weighted by molar-refractivity contribution is 5.11. The van der Waals surface area contributed by atoms with Crippen LogP contribution in [0.5, 0.6) is 0 Å². The van der Waals surface area contributed by atoms with Crippen molar-refractivity contribution in [2.45, 2.75) is 19.4 Å². The Balaban J connectivity index is 2.79. The van der Waals surface area contributed by atoms with Gasteiger partial charge in [-0.3, -0.25) is 4.68 Å². The minimum Gasteiger partial charge on any atom is -0.396 e. The summed E-state index contributed by atoms with van der Waals surface area (Å²) in [7, 11) is 1.78. The zero-order valence-electron chi connectivity index (χ0n) is 7.36. The van der Waals surface area contributed by atoms with E-state index < -0.39 is 6.10 Å². The highest BCUT2D eigenvalue weighted by atomic mass is 16.3. The van der Waals surface area contributed by atoms with Gasteiger partial charge in [0, 0.05) is 20.1 Å². The molecule has 4 nitrogen and oxygen atoms in total. The van der Waals surface area contributed by atoms with E-state index in [1.807, 2.05) is 13.0 Å². The Morgan fingerprint density at radius 1 is 1.67 bits per heavy atom. The predicted octanol–water partition coefficient (Wildman–Crippen LogP) is 0.144. The lowest BCUT2D eigenvalue weighted by Crippen LogP contribution is -2.06. The Morgan fingerprint density at radius 3 is 2.75 bits per heavy atom. The lowest BCUT2D eigenvalue weighted by molar-refractivity contribution is 0.127. The molecular weight excluding hydrogens is 156 g/mol. The Labute approximate surface area is 71.5 Å². The van der Waals surface area contributed by atoms with Gasteiger partial charge in [-0.1, -0.05) is 0 Å². The van der Waals surface area contributed by atoms with Gasteiger partial charge in [0.2, 0.25) is 0 Å². The Kier molecular flexibility index (Phi) is 2.83. The molecule has 4 heteroatoms. The van der Waals surface area contributed by atoms with Crippen LogP contribution in [-0.4, -0.2) is 26.6 Å². The Hall–Kier alpha value is -0.870. The van der Waals surface area contributed by atoms with Crippen molar-refractivity contribution >= 4 is 0 Å². The molecule has 0 aliphatic rings. The van der Waals surface area contributed by atoms with Crippen LogP contribution < -0.4 is 0 Å². The molecule has 0 radical (unpaired) electrons. The molecule has 0 amide bonds. The van der Waals surface area contributed by atoms with Crippen LogP contribution in [0.25, 0.3) is 0 Å². The fourth-order valence-corrected chi connectivity index (χ4v) is 1.21. The van der Waals surface area contributed by atoms with E-state index in [0.29, 0.717) is 6.42 Å². The van der Waals surface area contributed by atoms with Crippen LogP contribution in [0.2, 0.25) is 0 Å². The van der Waals surface area contributed by atoms with Gasteiger partial charge in [0.05, 0.1) is 17.5 Å². The van der Waals surface area contributed by atoms with Gasteiger partial charge in [-0.2, -0.15) is 5.10 Å². The molecule has 1 heterocycles. The summed E-state index contributed by atoms with van der Waals surface area (Å²) in [5.41, 5.74) is 1.63. The minimum absolute atomic E-state index is 0.00854. The summed E-state index contributed by atoms with van der Waals surface area (Å²) in [6.45, 7) is 1.86. The highest BCUT2D eigenvalue weighted by Gasteiger charge is 2.11. The molecule has 12 heavy (non-hydrogen) atoms. The lowest BCUT2D eigenvalue weighted by atomic mass is 10.2. The number of aryl methyl sites for hydroxylation is 2. The second-order valence-corrected chi connectivity index (χ2v) is 2.86. The molecule has 1 aromatic heterocycles. The van der Waals surface area contributed by atoms with Gasteiger partial charge < -0.3 is 10.2 Å². The predicted molar refractivity (Wildman–Crippen MR) is 44.6 cm³/mol. The van der Waals surface area contributed by atoms with Crippen LogP contribution in [0, 0.1) is 6.92 Å². The third-order valence-electron chi connectivity index (χ3n) is 1.78. The molecule has 2 N–H and O–H groups in total. The smallest absolute Gasteiger partial charge is 0.0978 e. The number of aliphatic hydroxyl groups is 2. The minimum atomic E-state index is -0.610. The standard InChI is InChI=1S/C8H14N2O2/c1-6-5-7(10(2)9-6)8(12)3-4-11/h5,8,11-12H,3-4H2,1-2H3/t8-/m0/s1. The van der Waals surface area contributed by atoms with Gasteiger partial charge in [0.1, 0.15) is 0 Å². The summed E-state index contributed by atoms with van der Waals surface area (Å²) >= 11 is 0. The quantitative estimate of drug-likeness (QED) is 0.678.